The van der Waals surface area contributed by atoms with Crippen LogP contribution in [0.25, 0.3) is 11.3 Å². The van der Waals surface area contributed by atoms with Crippen LogP contribution in [-0.4, -0.2) is 4.98 Å². The summed E-state index contributed by atoms with van der Waals surface area (Å²) < 4.78 is 5.86. The van der Waals surface area contributed by atoms with Crippen LogP contribution in [0.2, 0.25) is 5.02 Å². The van der Waals surface area contributed by atoms with E-state index in [1.165, 1.54) is 0 Å². The Morgan fingerprint density at radius 2 is 2.20 bits per heavy atom. The van der Waals surface area contributed by atoms with Gasteiger partial charge in [-0.05, 0) is 30.7 Å². The molecule has 0 amide bonds. The van der Waals surface area contributed by atoms with Gasteiger partial charge in [0.15, 0.2) is 5.13 Å². The highest BCUT2D eigenvalue weighted by Gasteiger charge is 2.09. The SMILES string of the molecule is Cc1c(Cl)cccc1-c1ccc(CNc2nccs2)o1. The second-order valence-corrected chi connectivity index (χ2v) is 5.67. The van der Waals surface area contributed by atoms with Gasteiger partial charge in [0.2, 0.25) is 0 Å². The zero-order chi connectivity index (χ0) is 13.9. The van der Waals surface area contributed by atoms with E-state index < -0.39 is 0 Å². The van der Waals surface area contributed by atoms with E-state index in [0.717, 1.165) is 32.8 Å². The first-order valence-corrected chi connectivity index (χ1v) is 7.47. The molecule has 1 aromatic carbocycles. The quantitative estimate of drug-likeness (QED) is 0.739. The third-order valence-corrected chi connectivity index (χ3v) is 4.18. The molecule has 0 aliphatic heterocycles. The van der Waals surface area contributed by atoms with Gasteiger partial charge < -0.3 is 9.73 Å². The molecule has 0 aliphatic rings. The van der Waals surface area contributed by atoms with Crippen LogP contribution in [-0.2, 0) is 6.54 Å². The highest BCUT2D eigenvalue weighted by Crippen LogP contribution is 2.29. The third kappa shape index (κ3) is 2.71. The number of hydrogen-bond acceptors (Lipinski definition) is 4. The second kappa shape index (κ2) is 5.69. The Morgan fingerprint density at radius 1 is 1.30 bits per heavy atom. The van der Waals surface area contributed by atoms with Crippen molar-refractivity contribution in [1.29, 1.82) is 0 Å². The predicted octanol–water partition coefficient (Wildman–Crippen LogP) is 4.98. The number of benzene rings is 1. The average Bonchev–Trinajstić information content (AvgIpc) is 3.10. The number of anilines is 1. The average molecular weight is 305 g/mol. The summed E-state index contributed by atoms with van der Waals surface area (Å²) in [5, 5.41) is 6.80. The van der Waals surface area contributed by atoms with Gasteiger partial charge in [0.05, 0.1) is 6.54 Å². The van der Waals surface area contributed by atoms with Crippen molar-refractivity contribution >= 4 is 28.1 Å². The normalized spacial score (nSPS) is 10.7. The molecule has 0 aliphatic carbocycles. The van der Waals surface area contributed by atoms with Gasteiger partial charge in [-0.2, -0.15) is 0 Å². The van der Waals surface area contributed by atoms with Crippen LogP contribution in [0.1, 0.15) is 11.3 Å². The van der Waals surface area contributed by atoms with Crippen LogP contribution >= 0.6 is 22.9 Å². The Morgan fingerprint density at radius 3 is 3.00 bits per heavy atom. The molecule has 0 fully saturated rings. The summed E-state index contributed by atoms with van der Waals surface area (Å²) in [4.78, 5) is 4.17. The van der Waals surface area contributed by atoms with Crippen molar-refractivity contribution in [2.75, 3.05) is 5.32 Å². The van der Waals surface area contributed by atoms with Gasteiger partial charge in [-0.25, -0.2) is 4.98 Å². The first-order valence-electron chi connectivity index (χ1n) is 6.21. The Bertz CT molecular complexity index is 706. The van der Waals surface area contributed by atoms with E-state index in [2.05, 4.69) is 10.3 Å². The number of furan rings is 1. The maximum Gasteiger partial charge on any atom is 0.182 e. The van der Waals surface area contributed by atoms with Crippen LogP contribution in [0.4, 0.5) is 5.13 Å². The van der Waals surface area contributed by atoms with E-state index in [4.69, 9.17) is 16.0 Å². The van der Waals surface area contributed by atoms with E-state index >= 15 is 0 Å². The molecule has 0 saturated carbocycles. The lowest BCUT2D eigenvalue weighted by Gasteiger charge is -2.04. The van der Waals surface area contributed by atoms with Gasteiger partial charge >= 0.3 is 0 Å². The number of halogens is 1. The Labute approximate surface area is 126 Å². The number of nitrogens with zero attached hydrogens (tertiary/aromatic N) is 1. The third-order valence-electron chi connectivity index (χ3n) is 3.04. The van der Waals surface area contributed by atoms with Crippen LogP contribution < -0.4 is 5.32 Å². The number of thiazole rings is 1. The molecule has 3 rings (SSSR count). The van der Waals surface area contributed by atoms with Gasteiger partial charge in [-0.1, -0.05) is 23.7 Å². The van der Waals surface area contributed by atoms with Gasteiger partial charge in [0.25, 0.3) is 0 Å². The smallest absolute Gasteiger partial charge is 0.182 e. The fourth-order valence-electron chi connectivity index (χ4n) is 1.97. The lowest BCUT2D eigenvalue weighted by molar-refractivity contribution is 0.531. The van der Waals surface area contributed by atoms with E-state index in [0.29, 0.717) is 6.54 Å². The first kappa shape index (κ1) is 13.2. The zero-order valence-corrected chi connectivity index (χ0v) is 12.5. The molecule has 0 unspecified atom stereocenters. The molecule has 0 radical (unpaired) electrons. The highest BCUT2D eigenvalue weighted by molar-refractivity contribution is 7.13. The van der Waals surface area contributed by atoms with E-state index in [1.807, 2.05) is 42.6 Å². The van der Waals surface area contributed by atoms with Crippen LogP contribution in [0.15, 0.2) is 46.3 Å². The first-order chi connectivity index (χ1) is 9.74. The van der Waals surface area contributed by atoms with E-state index in [-0.39, 0.29) is 0 Å². The topological polar surface area (TPSA) is 38.1 Å². The lowest BCUT2D eigenvalue weighted by Crippen LogP contribution is -1.96. The molecule has 3 aromatic rings. The molecule has 0 bridgehead atoms. The molecule has 2 heterocycles. The van der Waals surface area contributed by atoms with Crippen molar-refractivity contribution in [1.82, 2.24) is 4.98 Å². The lowest BCUT2D eigenvalue weighted by atomic mass is 10.1. The summed E-state index contributed by atoms with van der Waals surface area (Å²) in [7, 11) is 0. The predicted molar refractivity (Wildman–Crippen MR) is 83.3 cm³/mol. The van der Waals surface area contributed by atoms with Gasteiger partial charge in [-0.3, -0.25) is 0 Å². The van der Waals surface area contributed by atoms with Gasteiger partial charge in [0, 0.05) is 22.2 Å². The Hall–Kier alpha value is -1.78. The van der Waals surface area contributed by atoms with Crippen molar-refractivity contribution in [3.8, 4) is 11.3 Å². The van der Waals surface area contributed by atoms with Gasteiger partial charge in [-0.15, -0.1) is 11.3 Å². The molecule has 2 aromatic heterocycles. The molecule has 3 nitrogen and oxygen atoms in total. The monoisotopic (exact) mass is 304 g/mol. The van der Waals surface area contributed by atoms with Crippen molar-refractivity contribution in [2.45, 2.75) is 13.5 Å². The minimum absolute atomic E-state index is 0.618. The second-order valence-electron chi connectivity index (χ2n) is 4.37. The largest absolute Gasteiger partial charge is 0.459 e. The van der Waals surface area contributed by atoms with Crippen molar-refractivity contribution in [2.24, 2.45) is 0 Å². The number of aromatic nitrogens is 1. The summed E-state index contributed by atoms with van der Waals surface area (Å²) in [5.74, 6) is 1.70. The number of hydrogen-bond donors (Lipinski definition) is 1. The standard InChI is InChI=1S/C15H13ClN2OS/c1-10-12(3-2-4-13(10)16)14-6-5-11(19-14)9-18-15-17-7-8-20-15/h2-8H,9H2,1H3,(H,17,18). The summed E-state index contributed by atoms with van der Waals surface area (Å²) >= 11 is 7.71. The molecular weight excluding hydrogens is 292 g/mol. The molecule has 0 saturated heterocycles. The van der Waals surface area contributed by atoms with Crippen LogP contribution in [0.5, 0.6) is 0 Å². The molecule has 20 heavy (non-hydrogen) atoms. The molecule has 102 valence electrons. The number of nitrogens with one attached hydrogen (secondary N) is 1. The van der Waals surface area contributed by atoms with E-state index in [9.17, 15) is 0 Å². The zero-order valence-electron chi connectivity index (χ0n) is 10.9. The van der Waals surface area contributed by atoms with Crippen LogP contribution in [0, 0.1) is 6.92 Å². The minimum Gasteiger partial charge on any atom is -0.459 e. The highest BCUT2D eigenvalue weighted by atomic mass is 35.5. The molecular formula is C15H13ClN2OS. The molecule has 5 heteroatoms. The Kier molecular flexibility index (Phi) is 3.76. The van der Waals surface area contributed by atoms with E-state index in [1.54, 1.807) is 17.5 Å². The van der Waals surface area contributed by atoms with Crippen molar-refractivity contribution < 1.29 is 4.42 Å². The number of rotatable bonds is 4. The van der Waals surface area contributed by atoms with Crippen molar-refractivity contribution in [3.05, 3.63) is 58.3 Å². The summed E-state index contributed by atoms with van der Waals surface area (Å²) in [6.07, 6.45) is 1.77. The molecule has 1 N–H and O–H groups in total. The summed E-state index contributed by atoms with van der Waals surface area (Å²) in [6, 6.07) is 9.76. The summed E-state index contributed by atoms with van der Waals surface area (Å²) in [5.41, 5.74) is 2.06. The fraction of sp³-hybridized carbons (Fsp3) is 0.133. The maximum absolute atomic E-state index is 6.14. The Balaban J connectivity index is 1.78. The molecule has 0 atom stereocenters. The maximum atomic E-state index is 6.14. The fourth-order valence-corrected chi connectivity index (χ4v) is 2.67. The minimum atomic E-state index is 0.618. The molecule has 0 spiro atoms. The summed E-state index contributed by atoms with van der Waals surface area (Å²) in [6.45, 7) is 2.61. The van der Waals surface area contributed by atoms with Crippen molar-refractivity contribution in [3.63, 3.8) is 0 Å². The van der Waals surface area contributed by atoms with Gasteiger partial charge in [0.1, 0.15) is 11.5 Å². The van der Waals surface area contributed by atoms with Crippen LogP contribution in [0.3, 0.4) is 0 Å².